The summed E-state index contributed by atoms with van der Waals surface area (Å²) < 4.78 is 56.0. The molecule has 0 atom stereocenters. The highest BCUT2D eigenvalue weighted by molar-refractivity contribution is 7.89. The number of sulfonamides is 2. The van der Waals surface area contributed by atoms with Gasteiger partial charge in [-0.15, -0.1) is 0 Å². The lowest BCUT2D eigenvalue weighted by atomic mass is 10.2. The van der Waals surface area contributed by atoms with Crippen molar-refractivity contribution in [2.24, 2.45) is 0 Å². The second-order valence-corrected chi connectivity index (χ2v) is 12.3. The SMILES string of the molecule is Cc1ccccc1S(=O)(=O)NCCCN(CCCNS(=O)(=O)c1ccccc1C)Cc1ccccc1. The number of nitrogens with one attached hydrogen (secondary N) is 2. The molecule has 0 aromatic heterocycles. The van der Waals surface area contributed by atoms with E-state index in [9.17, 15) is 16.8 Å². The van der Waals surface area contributed by atoms with Crippen molar-refractivity contribution in [3.63, 3.8) is 0 Å². The van der Waals surface area contributed by atoms with Crippen molar-refractivity contribution in [3.8, 4) is 0 Å². The summed E-state index contributed by atoms with van der Waals surface area (Å²) in [5.41, 5.74) is 2.58. The van der Waals surface area contributed by atoms with Gasteiger partial charge in [-0.3, -0.25) is 4.90 Å². The van der Waals surface area contributed by atoms with Gasteiger partial charge >= 0.3 is 0 Å². The van der Waals surface area contributed by atoms with E-state index in [0.29, 0.717) is 66.5 Å². The topological polar surface area (TPSA) is 95.6 Å². The average Bonchev–Trinajstić information content (AvgIpc) is 2.85. The van der Waals surface area contributed by atoms with E-state index >= 15 is 0 Å². The Balaban J connectivity index is 1.53. The van der Waals surface area contributed by atoms with Crippen molar-refractivity contribution >= 4 is 20.0 Å². The molecule has 7 nitrogen and oxygen atoms in total. The standard InChI is InChI=1S/C27H35N3O4S2/c1-23-12-6-8-16-26(23)35(31,32)28-18-10-20-30(22-25-14-4-3-5-15-25)21-11-19-29-36(33,34)27-17-9-7-13-24(27)2/h3-9,12-17,28-29H,10-11,18-22H2,1-2H3. The number of aryl methyl sites for hydroxylation is 2. The van der Waals surface area contributed by atoms with E-state index in [1.54, 1.807) is 50.2 Å². The summed E-state index contributed by atoms with van der Waals surface area (Å²) in [7, 11) is -7.12. The van der Waals surface area contributed by atoms with Gasteiger partial charge in [0.1, 0.15) is 0 Å². The Morgan fingerprint density at radius 3 is 1.47 bits per heavy atom. The fraction of sp³-hybridized carbons (Fsp3) is 0.333. The zero-order chi connectivity index (χ0) is 26.0. The molecule has 9 heteroatoms. The molecular weight excluding hydrogens is 494 g/mol. The highest BCUT2D eigenvalue weighted by Crippen LogP contribution is 2.15. The Morgan fingerprint density at radius 2 is 1.03 bits per heavy atom. The smallest absolute Gasteiger partial charge is 0.240 e. The third-order valence-electron chi connectivity index (χ3n) is 5.90. The Labute approximate surface area is 215 Å². The van der Waals surface area contributed by atoms with Gasteiger partial charge in [-0.1, -0.05) is 66.7 Å². The Morgan fingerprint density at radius 1 is 0.611 bits per heavy atom. The highest BCUT2D eigenvalue weighted by atomic mass is 32.2. The first kappa shape index (κ1) is 28.0. The van der Waals surface area contributed by atoms with Crippen molar-refractivity contribution < 1.29 is 16.8 Å². The lowest BCUT2D eigenvalue weighted by Crippen LogP contribution is -2.33. The van der Waals surface area contributed by atoms with Gasteiger partial charge in [0.15, 0.2) is 0 Å². The van der Waals surface area contributed by atoms with Gasteiger partial charge in [0.2, 0.25) is 20.0 Å². The van der Waals surface area contributed by atoms with Crippen LogP contribution >= 0.6 is 0 Å². The van der Waals surface area contributed by atoms with Crippen molar-refractivity contribution in [1.82, 2.24) is 14.3 Å². The van der Waals surface area contributed by atoms with Crippen LogP contribution in [-0.4, -0.2) is 47.9 Å². The fourth-order valence-electron chi connectivity index (χ4n) is 4.00. The molecule has 0 heterocycles. The minimum Gasteiger partial charge on any atom is -0.299 e. The van der Waals surface area contributed by atoms with Crippen molar-refractivity contribution in [2.75, 3.05) is 26.2 Å². The predicted molar refractivity (Wildman–Crippen MR) is 144 cm³/mol. The minimum absolute atomic E-state index is 0.298. The molecule has 0 bridgehead atoms. The quantitative estimate of drug-likeness (QED) is 0.310. The molecular formula is C27H35N3O4S2. The van der Waals surface area contributed by atoms with E-state index in [1.807, 2.05) is 30.3 Å². The summed E-state index contributed by atoms with van der Waals surface area (Å²) in [6, 6.07) is 23.9. The first-order valence-corrected chi connectivity index (χ1v) is 15.0. The van der Waals surface area contributed by atoms with Gasteiger partial charge in [0.25, 0.3) is 0 Å². The van der Waals surface area contributed by atoms with Gasteiger partial charge in [0, 0.05) is 19.6 Å². The third kappa shape index (κ3) is 8.25. The summed E-state index contributed by atoms with van der Waals surface area (Å²) in [5.74, 6) is 0. The molecule has 194 valence electrons. The number of hydrogen-bond acceptors (Lipinski definition) is 5. The van der Waals surface area contributed by atoms with Crippen LogP contribution < -0.4 is 9.44 Å². The molecule has 0 unspecified atom stereocenters. The van der Waals surface area contributed by atoms with Gasteiger partial charge < -0.3 is 0 Å². The maximum Gasteiger partial charge on any atom is 0.240 e. The third-order valence-corrected chi connectivity index (χ3v) is 9.14. The molecule has 0 amide bonds. The van der Waals surface area contributed by atoms with E-state index in [0.717, 1.165) is 5.56 Å². The number of rotatable bonds is 14. The second-order valence-electron chi connectivity index (χ2n) is 8.80. The molecule has 2 N–H and O–H groups in total. The Bertz CT molecular complexity index is 1240. The van der Waals surface area contributed by atoms with Crippen LogP contribution in [0.25, 0.3) is 0 Å². The van der Waals surface area contributed by atoms with Gasteiger partial charge in [-0.05, 0) is 68.6 Å². The fourth-order valence-corrected chi connectivity index (χ4v) is 6.64. The first-order chi connectivity index (χ1) is 17.2. The van der Waals surface area contributed by atoms with E-state index in [-0.39, 0.29) is 0 Å². The number of nitrogens with zero attached hydrogens (tertiary/aromatic N) is 1. The van der Waals surface area contributed by atoms with E-state index < -0.39 is 20.0 Å². The normalized spacial score (nSPS) is 12.2. The predicted octanol–water partition coefficient (Wildman–Crippen LogP) is 3.84. The zero-order valence-corrected chi connectivity index (χ0v) is 22.5. The summed E-state index contributed by atoms with van der Waals surface area (Å²) in [5, 5.41) is 0. The Kier molecular flexibility index (Phi) is 10.2. The molecule has 0 aliphatic rings. The van der Waals surface area contributed by atoms with Gasteiger partial charge in [0.05, 0.1) is 9.79 Å². The van der Waals surface area contributed by atoms with Crippen molar-refractivity contribution in [2.45, 2.75) is 43.0 Å². The van der Waals surface area contributed by atoms with E-state index in [1.165, 1.54) is 0 Å². The maximum absolute atomic E-state index is 12.6. The molecule has 0 aliphatic carbocycles. The van der Waals surface area contributed by atoms with Gasteiger partial charge in [-0.25, -0.2) is 26.3 Å². The molecule has 3 aromatic rings. The van der Waals surface area contributed by atoms with Crippen LogP contribution in [0.5, 0.6) is 0 Å². The zero-order valence-electron chi connectivity index (χ0n) is 20.9. The molecule has 3 rings (SSSR count). The lowest BCUT2D eigenvalue weighted by molar-refractivity contribution is 0.260. The van der Waals surface area contributed by atoms with Crippen LogP contribution in [0.15, 0.2) is 88.7 Å². The number of hydrogen-bond donors (Lipinski definition) is 2. The first-order valence-electron chi connectivity index (χ1n) is 12.1. The summed E-state index contributed by atoms with van der Waals surface area (Å²) in [6.07, 6.45) is 1.26. The van der Waals surface area contributed by atoms with Crippen LogP contribution in [0.4, 0.5) is 0 Å². The molecule has 0 fully saturated rings. The molecule has 0 spiro atoms. The van der Waals surface area contributed by atoms with Crippen LogP contribution in [0.2, 0.25) is 0 Å². The van der Waals surface area contributed by atoms with Crippen LogP contribution in [0, 0.1) is 13.8 Å². The molecule has 0 aliphatic heterocycles. The summed E-state index contributed by atoms with van der Waals surface area (Å²) in [6.45, 7) is 6.26. The van der Waals surface area contributed by atoms with E-state index in [4.69, 9.17) is 0 Å². The van der Waals surface area contributed by atoms with Gasteiger partial charge in [-0.2, -0.15) is 0 Å². The molecule has 0 saturated carbocycles. The lowest BCUT2D eigenvalue weighted by Gasteiger charge is -2.23. The highest BCUT2D eigenvalue weighted by Gasteiger charge is 2.17. The summed E-state index contributed by atoms with van der Waals surface area (Å²) in [4.78, 5) is 2.82. The Hall–Kier alpha value is -2.56. The monoisotopic (exact) mass is 529 g/mol. The second kappa shape index (κ2) is 13.1. The van der Waals surface area contributed by atoms with Crippen LogP contribution in [0.3, 0.4) is 0 Å². The van der Waals surface area contributed by atoms with Crippen molar-refractivity contribution in [1.29, 1.82) is 0 Å². The van der Waals surface area contributed by atoms with E-state index in [2.05, 4.69) is 26.5 Å². The average molecular weight is 530 g/mol. The van der Waals surface area contributed by atoms with Crippen LogP contribution in [0.1, 0.15) is 29.5 Å². The minimum atomic E-state index is -3.56. The van der Waals surface area contributed by atoms with Crippen LogP contribution in [-0.2, 0) is 26.6 Å². The maximum atomic E-state index is 12.6. The molecule has 36 heavy (non-hydrogen) atoms. The molecule has 0 saturated heterocycles. The largest absolute Gasteiger partial charge is 0.299 e. The molecule has 0 radical (unpaired) electrons. The van der Waals surface area contributed by atoms with Crippen molar-refractivity contribution in [3.05, 3.63) is 95.6 Å². The summed E-state index contributed by atoms with van der Waals surface area (Å²) >= 11 is 0. The molecule has 3 aromatic carbocycles. The number of benzene rings is 3.